The van der Waals surface area contributed by atoms with Gasteiger partial charge in [-0.25, -0.2) is 15.0 Å². The zero-order valence-electron chi connectivity index (χ0n) is 12.1. The zero-order valence-corrected chi connectivity index (χ0v) is 12.1. The Balaban J connectivity index is 1.79. The lowest BCUT2D eigenvalue weighted by Gasteiger charge is -2.07. The number of hydrogen-bond donors (Lipinski definition) is 1. The minimum Gasteiger partial charge on any atom is -0.497 e. The Labute approximate surface area is 122 Å². The van der Waals surface area contributed by atoms with Gasteiger partial charge in [0.25, 0.3) is 0 Å². The van der Waals surface area contributed by atoms with Gasteiger partial charge in [0.2, 0.25) is 0 Å². The average Bonchev–Trinajstić information content (AvgIpc) is 2.97. The Hall–Kier alpha value is -2.63. The molecule has 3 rings (SSSR count). The van der Waals surface area contributed by atoms with Gasteiger partial charge in [0.1, 0.15) is 17.6 Å². The lowest BCUT2D eigenvalue weighted by atomic mass is 10.2. The SMILES string of the molecule is CCn1cnc2c(NCc3ccc(OC)cc3)ncnc21. The first-order valence-corrected chi connectivity index (χ1v) is 6.84. The molecular weight excluding hydrogens is 266 g/mol. The summed E-state index contributed by atoms with van der Waals surface area (Å²) in [6, 6.07) is 7.93. The van der Waals surface area contributed by atoms with Crippen molar-refractivity contribution in [3.8, 4) is 5.75 Å². The van der Waals surface area contributed by atoms with Gasteiger partial charge in [0.15, 0.2) is 11.5 Å². The van der Waals surface area contributed by atoms with Crippen LogP contribution in [0.1, 0.15) is 12.5 Å². The number of hydrogen-bond acceptors (Lipinski definition) is 5. The summed E-state index contributed by atoms with van der Waals surface area (Å²) in [7, 11) is 1.66. The van der Waals surface area contributed by atoms with Crippen molar-refractivity contribution in [3.63, 3.8) is 0 Å². The number of aryl methyl sites for hydroxylation is 1. The van der Waals surface area contributed by atoms with Crippen molar-refractivity contribution in [1.82, 2.24) is 19.5 Å². The predicted octanol–water partition coefficient (Wildman–Crippen LogP) is 2.47. The van der Waals surface area contributed by atoms with Crippen molar-refractivity contribution in [2.24, 2.45) is 0 Å². The number of methoxy groups -OCH3 is 1. The molecule has 0 spiro atoms. The third kappa shape index (κ3) is 2.65. The van der Waals surface area contributed by atoms with Crippen LogP contribution in [0.5, 0.6) is 5.75 Å². The topological polar surface area (TPSA) is 64.9 Å². The molecule has 0 fully saturated rings. The molecule has 2 heterocycles. The number of imidazole rings is 1. The molecule has 108 valence electrons. The first-order chi connectivity index (χ1) is 10.3. The standard InChI is InChI=1S/C15H17N5O/c1-3-20-10-19-13-14(17-9-18-15(13)20)16-8-11-4-6-12(21-2)7-5-11/h4-7,9-10H,3,8H2,1-2H3,(H,16,17,18). The summed E-state index contributed by atoms with van der Waals surface area (Å²) in [6.07, 6.45) is 3.35. The molecule has 21 heavy (non-hydrogen) atoms. The molecular formula is C15H17N5O. The number of nitrogens with zero attached hydrogens (tertiary/aromatic N) is 4. The molecule has 3 aromatic rings. The first kappa shape index (κ1) is 13.4. The molecule has 2 aromatic heterocycles. The zero-order chi connectivity index (χ0) is 14.7. The number of nitrogens with one attached hydrogen (secondary N) is 1. The van der Waals surface area contributed by atoms with E-state index in [-0.39, 0.29) is 0 Å². The Morgan fingerprint density at radius 3 is 2.67 bits per heavy atom. The monoisotopic (exact) mass is 283 g/mol. The average molecular weight is 283 g/mol. The highest BCUT2D eigenvalue weighted by Gasteiger charge is 2.08. The van der Waals surface area contributed by atoms with Crippen molar-refractivity contribution in [1.29, 1.82) is 0 Å². The van der Waals surface area contributed by atoms with Crippen molar-refractivity contribution in [2.45, 2.75) is 20.0 Å². The predicted molar refractivity (Wildman–Crippen MR) is 81.3 cm³/mol. The second kappa shape index (κ2) is 5.78. The van der Waals surface area contributed by atoms with E-state index in [4.69, 9.17) is 4.74 Å². The van der Waals surface area contributed by atoms with Gasteiger partial charge in [-0.2, -0.15) is 0 Å². The lowest BCUT2D eigenvalue weighted by molar-refractivity contribution is 0.414. The van der Waals surface area contributed by atoms with Crippen molar-refractivity contribution < 1.29 is 4.74 Å². The fourth-order valence-corrected chi connectivity index (χ4v) is 2.17. The van der Waals surface area contributed by atoms with Crippen LogP contribution < -0.4 is 10.1 Å². The van der Waals surface area contributed by atoms with E-state index in [2.05, 4.69) is 27.2 Å². The van der Waals surface area contributed by atoms with Crippen LogP contribution in [0.3, 0.4) is 0 Å². The molecule has 0 atom stereocenters. The summed E-state index contributed by atoms with van der Waals surface area (Å²) in [4.78, 5) is 12.9. The van der Waals surface area contributed by atoms with Gasteiger partial charge in [-0.1, -0.05) is 12.1 Å². The van der Waals surface area contributed by atoms with Gasteiger partial charge >= 0.3 is 0 Å². The van der Waals surface area contributed by atoms with E-state index in [9.17, 15) is 0 Å². The lowest BCUT2D eigenvalue weighted by Crippen LogP contribution is -2.03. The Morgan fingerprint density at radius 2 is 1.95 bits per heavy atom. The van der Waals surface area contributed by atoms with Gasteiger partial charge in [0, 0.05) is 13.1 Å². The maximum Gasteiger partial charge on any atom is 0.165 e. The molecule has 0 saturated carbocycles. The van der Waals surface area contributed by atoms with Gasteiger partial charge in [-0.3, -0.25) is 0 Å². The Kier molecular flexibility index (Phi) is 3.68. The smallest absolute Gasteiger partial charge is 0.165 e. The molecule has 6 heteroatoms. The number of rotatable bonds is 5. The van der Waals surface area contributed by atoms with E-state index in [0.717, 1.165) is 34.8 Å². The van der Waals surface area contributed by atoms with Crippen LogP contribution in [0.2, 0.25) is 0 Å². The third-order valence-electron chi connectivity index (χ3n) is 3.36. The highest BCUT2D eigenvalue weighted by Crippen LogP contribution is 2.18. The van der Waals surface area contributed by atoms with Gasteiger partial charge < -0.3 is 14.6 Å². The van der Waals surface area contributed by atoms with E-state index in [1.54, 1.807) is 19.8 Å². The van der Waals surface area contributed by atoms with Crippen LogP contribution in [0.4, 0.5) is 5.82 Å². The molecule has 6 nitrogen and oxygen atoms in total. The molecule has 1 N–H and O–H groups in total. The van der Waals surface area contributed by atoms with Crippen LogP contribution in [0.25, 0.3) is 11.2 Å². The molecule has 0 bridgehead atoms. The number of aromatic nitrogens is 4. The summed E-state index contributed by atoms with van der Waals surface area (Å²) in [6.45, 7) is 3.58. The minimum atomic E-state index is 0.676. The fraction of sp³-hybridized carbons (Fsp3) is 0.267. The van der Waals surface area contributed by atoms with E-state index in [1.165, 1.54) is 0 Å². The second-order valence-corrected chi connectivity index (χ2v) is 4.63. The summed E-state index contributed by atoms with van der Waals surface area (Å²) in [5.41, 5.74) is 2.80. The highest BCUT2D eigenvalue weighted by atomic mass is 16.5. The van der Waals surface area contributed by atoms with E-state index in [0.29, 0.717) is 6.54 Å². The molecule has 0 amide bonds. The number of ether oxygens (including phenoxy) is 1. The van der Waals surface area contributed by atoms with Crippen molar-refractivity contribution in [3.05, 3.63) is 42.5 Å². The van der Waals surface area contributed by atoms with E-state index < -0.39 is 0 Å². The number of anilines is 1. The number of benzene rings is 1. The molecule has 0 radical (unpaired) electrons. The Morgan fingerprint density at radius 1 is 1.14 bits per heavy atom. The van der Waals surface area contributed by atoms with Crippen LogP contribution in [-0.2, 0) is 13.1 Å². The van der Waals surface area contributed by atoms with Crippen LogP contribution in [0.15, 0.2) is 36.9 Å². The second-order valence-electron chi connectivity index (χ2n) is 4.63. The van der Waals surface area contributed by atoms with Crippen molar-refractivity contribution >= 4 is 17.0 Å². The summed E-state index contributed by atoms with van der Waals surface area (Å²) in [5, 5.41) is 3.31. The quantitative estimate of drug-likeness (QED) is 0.779. The molecule has 0 aliphatic carbocycles. The van der Waals surface area contributed by atoms with Crippen LogP contribution >= 0.6 is 0 Å². The summed E-state index contributed by atoms with van der Waals surface area (Å²) >= 11 is 0. The highest BCUT2D eigenvalue weighted by molar-refractivity contribution is 5.82. The van der Waals surface area contributed by atoms with Crippen molar-refractivity contribution in [2.75, 3.05) is 12.4 Å². The summed E-state index contributed by atoms with van der Waals surface area (Å²) in [5.74, 6) is 1.60. The third-order valence-corrected chi connectivity index (χ3v) is 3.36. The van der Waals surface area contributed by atoms with Gasteiger partial charge in [0.05, 0.1) is 13.4 Å². The molecule has 0 aliphatic rings. The molecule has 1 aromatic carbocycles. The van der Waals surface area contributed by atoms with Crippen LogP contribution in [-0.4, -0.2) is 26.6 Å². The van der Waals surface area contributed by atoms with Crippen LogP contribution in [0, 0.1) is 0 Å². The van der Waals surface area contributed by atoms with E-state index in [1.807, 2.05) is 28.8 Å². The maximum atomic E-state index is 5.15. The first-order valence-electron chi connectivity index (χ1n) is 6.84. The molecule has 0 saturated heterocycles. The molecule has 0 unspecified atom stereocenters. The minimum absolute atomic E-state index is 0.676. The largest absolute Gasteiger partial charge is 0.497 e. The van der Waals surface area contributed by atoms with E-state index >= 15 is 0 Å². The van der Waals surface area contributed by atoms with Gasteiger partial charge in [-0.05, 0) is 24.6 Å². The number of fused-ring (bicyclic) bond motifs is 1. The fourth-order valence-electron chi connectivity index (χ4n) is 2.17. The summed E-state index contributed by atoms with van der Waals surface area (Å²) < 4.78 is 7.15. The maximum absolute atomic E-state index is 5.15. The van der Waals surface area contributed by atoms with Gasteiger partial charge in [-0.15, -0.1) is 0 Å². The Bertz CT molecular complexity index is 735. The normalized spacial score (nSPS) is 10.8. The molecule has 0 aliphatic heterocycles.